The smallest absolute Gasteiger partial charge is 0.343 e. The van der Waals surface area contributed by atoms with Crippen LogP contribution in [0.25, 0.3) is 16.9 Å². The van der Waals surface area contributed by atoms with Crippen molar-refractivity contribution in [2.75, 3.05) is 0 Å². The largest absolute Gasteiger partial charge is 0.433 e. The molecule has 9 heteroatoms. The summed E-state index contributed by atoms with van der Waals surface area (Å²) < 4.78 is 37.8. The highest BCUT2D eigenvalue weighted by Crippen LogP contribution is 2.28. The molecule has 0 saturated carbocycles. The number of aromatic nitrogens is 5. The van der Waals surface area contributed by atoms with Crippen LogP contribution in [-0.4, -0.2) is 25.0 Å². The summed E-state index contributed by atoms with van der Waals surface area (Å²) in [4.78, 5) is 18.4. The highest BCUT2D eigenvalue weighted by atomic mass is 19.4. The van der Waals surface area contributed by atoms with Crippen molar-refractivity contribution < 1.29 is 13.2 Å². The van der Waals surface area contributed by atoms with E-state index in [1.165, 1.54) is 18.3 Å². The van der Waals surface area contributed by atoms with E-state index in [4.69, 9.17) is 0 Å². The van der Waals surface area contributed by atoms with Gasteiger partial charge in [-0.05, 0) is 12.1 Å². The molecule has 0 aliphatic carbocycles. The number of hydrogen-bond donors (Lipinski definition) is 1. The zero-order valence-corrected chi connectivity index (χ0v) is 9.72. The van der Waals surface area contributed by atoms with E-state index in [0.29, 0.717) is 0 Å². The summed E-state index contributed by atoms with van der Waals surface area (Å²) in [6.07, 6.45) is -2.16. The molecular formula is C11H6F3N5O. The molecule has 3 aromatic heterocycles. The number of alkyl halides is 3. The van der Waals surface area contributed by atoms with Gasteiger partial charge in [-0.25, -0.2) is 0 Å². The van der Waals surface area contributed by atoms with Crippen LogP contribution in [0.2, 0.25) is 0 Å². The van der Waals surface area contributed by atoms with Crippen LogP contribution in [0.5, 0.6) is 0 Å². The topological polar surface area (TPSA) is 76.5 Å². The van der Waals surface area contributed by atoms with Gasteiger partial charge < -0.3 is 4.98 Å². The number of nitrogens with zero attached hydrogens (tertiary/aromatic N) is 4. The number of aromatic amines is 1. The first kappa shape index (κ1) is 12.3. The fourth-order valence-electron chi connectivity index (χ4n) is 1.66. The Balaban J connectivity index is 2.16. The van der Waals surface area contributed by atoms with Crippen LogP contribution in [0.3, 0.4) is 0 Å². The van der Waals surface area contributed by atoms with Crippen molar-refractivity contribution in [2.24, 2.45) is 0 Å². The summed E-state index contributed by atoms with van der Waals surface area (Å²) in [7, 11) is 0. The van der Waals surface area contributed by atoms with Crippen LogP contribution in [0, 0.1) is 0 Å². The Labute approximate surface area is 108 Å². The minimum absolute atomic E-state index is 0.0536. The predicted molar refractivity (Wildman–Crippen MR) is 62.3 cm³/mol. The van der Waals surface area contributed by atoms with Crippen molar-refractivity contribution in [3.05, 3.63) is 46.5 Å². The third kappa shape index (κ3) is 2.02. The van der Waals surface area contributed by atoms with E-state index < -0.39 is 11.9 Å². The van der Waals surface area contributed by atoms with Crippen LogP contribution < -0.4 is 5.43 Å². The molecule has 102 valence electrons. The Morgan fingerprint density at radius 1 is 1.20 bits per heavy atom. The molecule has 0 spiro atoms. The molecule has 0 saturated heterocycles. The molecule has 0 bridgehead atoms. The highest BCUT2D eigenvalue weighted by Gasteiger charge is 2.32. The molecule has 6 nitrogen and oxygen atoms in total. The third-order valence-corrected chi connectivity index (χ3v) is 2.57. The van der Waals surface area contributed by atoms with Gasteiger partial charge in [0.1, 0.15) is 5.69 Å². The predicted octanol–water partition coefficient (Wildman–Crippen LogP) is 1.52. The summed E-state index contributed by atoms with van der Waals surface area (Å²) in [5.74, 6) is 0. The Morgan fingerprint density at radius 2 is 2.00 bits per heavy atom. The normalized spacial score (nSPS) is 11.9. The van der Waals surface area contributed by atoms with Crippen molar-refractivity contribution in [2.45, 2.75) is 6.18 Å². The molecule has 0 atom stereocenters. The Kier molecular flexibility index (Phi) is 2.56. The number of pyridine rings is 2. The molecule has 20 heavy (non-hydrogen) atoms. The van der Waals surface area contributed by atoms with Crippen molar-refractivity contribution >= 4 is 11.2 Å². The van der Waals surface area contributed by atoms with Crippen LogP contribution in [0.15, 0.2) is 35.4 Å². The zero-order chi connectivity index (χ0) is 14.3. The van der Waals surface area contributed by atoms with E-state index >= 15 is 0 Å². The maximum absolute atomic E-state index is 12.6. The second-order valence-corrected chi connectivity index (χ2v) is 3.93. The molecule has 3 rings (SSSR count). The number of H-pyrrole nitrogens is 1. The third-order valence-electron chi connectivity index (χ3n) is 2.57. The van der Waals surface area contributed by atoms with E-state index in [2.05, 4.69) is 20.2 Å². The van der Waals surface area contributed by atoms with Gasteiger partial charge in [0.2, 0.25) is 5.43 Å². The maximum atomic E-state index is 12.6. The lowest BCUT2D eigenvalue weighted by Crippen LogP contribution is -2.09. The fourth-order valence-corrected chi connectivity index (χ4v) is 1.66. The van der Waals surface area contributed by atoms with Gasteiger partial charge in [-0.15, -0.1) is 15.0 Å². The first-order valence-corrected chi connectivity index (χ1v) is 5.43. The summed E-state index contributed by atoms with van der Waals surface area (Å²) >= 11 is 0. The van der Waals surface area contributed by atoms with Crippen molar-refractivity contribution in [1.82, 2.24) is 25.0 Å². The van der Waals surface area contributed by atoms with Gasteiger partial charge in [0.25, 0.3) is 0 Å². The average molecular weight is 281 g/mol. The van der Waals surface area contributed by atoms with Crippen molar-refractivity contribution in [3.63, 3.8) is 0 Å². The number of fused-ring (bicyclic) bond motifs is 1. The van der Waals surface area contributed by atoms with Crippen LogP contribution >= 0.6 is 0 Å². The monoisotopic (exact) mass is 281 g/mol. The molecule has 0 amide bonds. The fraction of sp³-hybridized carbons (Fsp3) is 0.0909. The molecule has 0 fully saturated rings. The number of nitrogens with one attached hydrogen (secondary N) is 1. The second-order valence-electron chi connectivity index (χ2n) is 3.93. The molecule has 3 heterocycles. The van der Waals surface area contributed by atoms with Gasteiger partial charge in [0.05, 0.1) is 5.69 Å². The van der Waals surface area contributed by atoms with Crippen LogP contribution in [0.1, 0.15) is 5.69 Å². The molecule has 0 radical (unpaired) electrons. The van der Waals surface area contributed by atoms with Crippen molar-refractivity contribution in [3.8, 4) is 5.69 Å². The van der Waals surface area contributed by atoms with Gasteiger partial charge in [0, 0.05) is 18.5 Å². The summed E-state index contributed by atoms with van der Waals surface area (Å²) in [6, 6.07) is 3.39. The average Bonchev–Trinajstić information content (AvgIpc) is 2.83. The van der Waals surface area contributed by atoms with Crippen LogP contribution in [0.4, 0.5) is 13.2 Å². The zero-order valence-electron chi connectivity index (χ0n) is 9.72. The van der Waals surface area contributed by atoms with E-state index in [-0.39, 0.29) is 22.3 Å². The second kappa shape index (κ2) is 4.15. The standard InChI is InChI=1S/C11H6F3N5O/c12-11(13,14)8-5-6(1-3-15-8)19-17-9-7(20)2-4-16-10(9)18-19/h1-5H,(H,16,18). The summed E-state index contributed by atoms with van der Waals surface area (Å²) in [5.41, 5.74) is -1.10. The Hall–Kier alpha value is -2.71. The highest BCUT2D eigenvalue weighted by molar-refractivity contribution is 5.68. The van der Waals surface area contributed by atoms with Gasteiger partial charge >= 0.3 is 6.18 Å². The first-order chi connectivity index (χ1) is 9.45. The number of hydrogen-bond acceptors (Lipinski definition) is 4. The van der Waals surface area contributed by atoms with Crippen molar-refractivity contribution in [1.29, 1.82) is 0 Å². The quantitative estimate of drug-likeness (QED) is 0.733. The summed E-state index contributed by atoms with van der Waals surface area (Å²) in [6.45, 7) is 0. The lowest BCUT2D eigenvalue weighted by Gasteiger charge is -2.06. The minimum Gasteiger partial charge on any atom is -0.343 e. The van der Waals surface area contributed by atoms with Crippen LogP contribution in [-0.2, 0) is 6.18 Å². The molecule has 0 unspecified atom stereocenters. The first-order valence-electron chi connectivity index (χ1n) is 5.43. The van der Waals surface area contributed by atoms with Gasteiger partial charge in [0.15, 0.2) is 11.2 Å². The lowest BCUT2D eigenvalue weighted by molar-refractivity contribution is -0.141. The summed E-state index contributed by atoms with van der Waals surface area (Å²) in [5, 5.41) is 7.79. The molecule has 1 N–H and O–H groups in total. The molecule has 3 aromatic rings. The lowest BCUT2D eigenvalue weighted by atomic mass is 10.3. The molecule has 0 aliphatic heterocycles. The molecule has 0 aromatic carbocycles. The Morgan fingerprint density at radius 3 is 2.70 bits per heavy atom. The van der Waals surface area contributed by atoms with Gasteiger partial charge in [-0.3, -0.25) is 9.78 Å². The molecule has 0 aliphatic rings. The van der Waals surface area contributed by atoms with Gasteiger partial charge in [-0.1, -0.05) is 0 Å². The number of halogens is 3. The van der Waals surface area contributed by atoms with E-state index in [9.17, 15) is 18.0 Å². The Bertz CT molecular complexity index is 836. The SMILES string of the molecule is O=c1cc[nH]c2nn(-c3ccnc(C(F)(F)F)c3)nc12. The maximum Gasteiger partial charge on any atom is 0.433 e. The molecular weight excluding hydrogens is 275 g/mol. The van der Waals surface area contributed by atoms with E-state index in [1.54, 1.807) is 0 Å². The van der Waals surface area contributed by atoms with E-state index in [0.717, 1.165) is 17.1 Å². The number of rotatable bonds is 1. The van der Waals surface area contributed by atoms with Gasteiger partial charge in [-0.2, -0.15) is 13.2 Å². The van der Waals surface area contributed by atoms with E-state index in [1.807, 2.05) is 0 Å². The minimum atomic E-state index is -4.56.